The number of halogens is 1. The number of aliphatic imine (C=N–C) groups is 1. The van der Waals surface area contributed by atoms with E-state index in [1.165, 1.54) is 11.1 Å². The van der Waals surface area contributed by atoms with Gasteiger partial charge < -0.3 is 9.26 Å². The third-order valence-corrected chi connectivity index (χ3v) is 5.47. The highest BCUT2D eigenvalue weighted by molar-refractivity contribution is 5.79. The van der Waals surface area contributed by atoms with Gasteiger partial charge in [0.15, 0.2) is 24.0 Å². The van der Waals surface area contributed by atoms with Crippen LogP contribution in [0.25, 0.3) is 0 Å². The summed E-state index contributed by atoms with van der Waals surface area (Å²) in [5.74, 6) is 1.13. The monoisotopic (exact) mass is 394 g/mol. The third kappa shape index (κ3) is 2.20. The van der Waals surface area contributed by atoms with Crippen LogP contribution < -0.4 is 9.91 Å². The molecule has 3 unspecified atom stereocenters. The lowest BCUT2D eigenvalue weighted by atomic mass is 10.1. The molecule has 1 aromatic heterocycles. The summed E-state index contributed by atoms with van der Waals surface area (Å²) in [5, 5.41) is 16.8. The third-order valence-electron chi connectivity index (χ3n) is 5.47. The van der Waals surface area contributed by atoms with E-state index < -0.39 is 12.6 Å². The average Bonchev–Trinajstić information content (AvgIpc) is 3.52. The van der Waals surface area contributed by atoms with Crippen molar-refractivity contribution < 1.29 is 13.7 Å². The Morgan fingerprint density at radius 1 is 1.28 bits per heavy atom. The summed E-state index contributed by atoms with van der Waals surface area (Å²) in [6.07, 6.45) is 3.67. The Labute approximate surface area is 164 Å². The number of aromatic nitrogens is 2. The van der Waals surface area contributed by atoms with Gasteiger partial charge in [0.25, 0.3) is 6.42 Å². The molecule has 0 spiro atoms. The molecule has 146 valence electrons. The molecule has 1 aromatic carbocycles. The van der Waals surface area contributed by atoms with Gasteiger partial charge in [0.1, 0.15) is 6.34 Å². The van der Waals surface area contributed by atoms with Gasteiger partial charge >= 0.3 is 6.01 Å². The molecule has 0 amide bonds. The van der Waals surface area contributed by atoms with Crippen LogP contribution in [0.3, 0.4) is 0 Å². The summed E-state index contributed by atoms with van der Waals surface area (Å²) in [6.45, 7) is 1.24. The molecular formula is C18H15FN8O2. The number of anilines is 2. The van der Waals surface area contributed by atoms with E-state index in [2.05, 4.69) is 15.1 Å². The lowest BCUT2D eigenvalue weighted by Gasteiger charge is -2.41. The van der Waals surface area contributed by atoms with Crippen LogP contribution in [-0.4, -0.2) is 46.0 Å². The summed E-state index contributed by atoms with van der Waals surface area (Å²) in [7, 11) is 0. The second kappa shape index (κ2) is 5.92. The maximum Gasteiger partial charge on any atom is 0.348 e. The largest absolute Gasteiger partial charge is 0.381 e. The molecule has 1 saturated heterocycles. The summed E-state index contributed by atoms with van der Waals surface area (Å²) < 4.78 is 25.9. The number of hydrazine groups is 1. The Morgan fingerprint density at radius 2 is 2.17 bits per heavy atom. The number of hydrogen-bond donors (Lipinski definition) is 0. The Kier molecular flexibility index (Phi) is 3.33. The van der Waals surface area contributed by atoms with Crippen molar-refractivity contribution in [3.05, 3.63) is 47.7 Å². The number of ether oxygens (including phenoxy) is 1. The second-order valence-electron chi connectivity index (χ2n) is 7.06. The summed E-state index contributed by atoms with van der Waals surface area (Å²) in [6, 6.07) is 7.64. The predicted octanol–water partition coefficient (Wildman–Crippen LogP) is 2.01. The molecule has 4 aliphatic heterocycles. The molecule has 4 aliphatic rings. The quantitative estimate of drug-likeness (QED) is 0.559. The molecule has 29 heavy (non-hydrogen) atoms. The molecule has 0 bridgehead atoms. The van der Waals surface area contributed by atoms with Crippen molar-refractivity contribution in [2.45, 2.75) is 24.9 Å². The van der Waals surface area contributed by atoms with Gasteiger partial charge in [-0.3, -0.25) is 4.90 Å². The number of rotatable bonds is 2. The number of nitriles is 1. The van der Waals surface area contributed by atoms with Gasteiger partial charge in [0.05, 0.1) is 18.5 Å². The van der Waals surface area contributed by atoms with Gasteiger partial charge in [-0.1, -0.05) is 23.4 Å². The summed E-state index contributed by atoms with van der Waals surface area (Å²) >= 11 is 0. The summed E-state index contributed by atoms with van der Waals surface area (Å²) in [5.41, 5.74) is 1.48. The Hall–Kier alpha value is -3.65. The SMILES string of the molecule is N#CN1C=C2N(c3ccccc3C3N=CN(c4nc(C5CCOC5)no4)N23)C1F. The molecule has 11 heteroatoms. The first-order valence-electron chi connectivity index (χ1n) is 9.21. The highest BCUT2D eigenvalue weighted by Crippen LogP contribution is 2.48. The van der Waals surface area contributed by atoms with Gasteiger partial charge in [0, 0.05) is 18.1 Å². The molecule has 0 N–H and O–H groups in total. The van der Waals surface area contributed by atoms with Crippen LogP contribution in [0.4, 0.5) is 16.1 Å². The predicted molar refractivity (Wildman–Crippen MR) is 97.4 cm³/mol. The number of hydrogen-bond acceptors (Lipinski definition) is 10. The van der Waals surface area contributed by atoms with Crippen molar-refractivity contribution >= 4 is 18.0 Å². The van der Waals surface area contributed by atoms with Crippen LogP contribution in [-0.2, 0) is 4.74 Å². The highest BCUT2D eigenvalue weighted by Gasteiger charge is 2.49. The first kappa shape index (κ1) is 16.3. The molecule has 0 saturated carbocycles. The van der Waals surface area contributed by atoms with E-state index in [1.54, 1.807) is 16.4 Å². The zero-order valence-corrected chi connectivity index (χ0v) is 15.1. The van der Waals surface area contributed by atoms with Crippen LogP contribution in [0.15, 0.2) is 45.8 Å². The Bertz CT molecular complexity index is 1070. The molecule has 5 heterocycles. The van der Waals surface area contributed by atoms with Crippen molar-refractivity contribution in [1.82, 2.24) is 20.0 Å². The lowest BCUT2D eigenvalue weighted by Crippen LogP contribution is -2.48. The number of fused-ring (bicyclic) bond motifs is 6. The van der Waals surface area contributed by atoms with E-state index in [1.807, 2.05) is 30.5 Å². The highest BCUT2D eigenvalue weighted by atomic mass is 19.1. The minimum atomic E-state index is -1.64. The van der Waals surface area contributed by atoms with Crippen molar-refractivity contribution in [2.75, 3.05) is 23.1 Å². The minimum Gasteiger partial charge on any atom is -0.381 e. The molecule has 2 aromatic rings. The minimum absolute atomic E-state index is 0.0939. The zero-order valence-electron chi connectivity index (χ0n) is 15.1. The average molecular weight is 394 g/mol. The first-order chi connectivity index (χ1) is 14.3. The maximum atomic E-state index is 15.0. The number of para-hydroxylation sites is 1. The van der Waals surface area contributed by atoms with E-state index in [-0.39, 0.29) is 11.9 Å². The number of nitrogens with zero attached hydrogens (tertiary/aromatic N) is 8. The smallest absolute Gasteiger partial charge is 0.348 e. The van der Waals surface area contributed by atoms with Gasteiger partial charge in [-0.25, -0.2) is 14.9 Å². The van der Waals surface area contributed by atoms with Crippen molar-refractivity contribution in [1.29, 1.82) is 5.26 Å². The van der Waals surface area contributed by atoms with Crippen molar-refractivity contribution in [2.24, 2.45) is 4.99 Å². The lowest BCUT2D eigenvalue weighted by molar-refractivity contribution is 0.190. The van der Waals surface area contributed by atoms with E-state index in [0.29, 0.717) is 30.5 Å². The van der Waals surface area contributed by atoms with Gasteiger partial charge in [-0.05, 0) is 12.5 Å². The van der Waals surface area contributed by atoms with Crippen LogP contribution >= 0.6 is 0 Å². The van der Waals surface area contributed by atoms with Gasteiger partial charge in [-0.15, -0.1) is 0 Å². The molecule has 0 radical (unpaired) electrons. The second-order valence-corrected chi connectivity index (χ2v) is 7.06. The van der Waals surface area contributed by atoms with E-state index in [0.717, 1.165) is 16.9 Å². The molecule has 0 aliphatic carbocycles. The fraction of sp³-hybridized carbons (Fsp3) is 0.333. The van der Waals surface area contributed by atoms with Gasteiger partial charge in [0.2, 0.25) is 0 Å². The van der Waals surface area contributed by atoms with Crippen LogP contribution in [0, 0.1) is 11.5 Å². The maximum absolute atomic E-state index is 15.0. The summed E-state index contributed by atoms with van der Waals surface area (Å²) in [4.78, 5) is 11.5. The molecule has 6 rings (SSSR count). The Morgan fingerprint density at radius 3 is 3.00 bits per heavy atom. The van der Waals surface area contributed by atoms with Crippen LogP contribution in [0.1, 0.15) is 29.9 Å². The fourth-order valence-electron chi connectivity index (χ4n) is 4.07. The molecular weight excluding hydrogens is 379 g/mol. The van der Waals surface area contributed by atoms with Crippen molar-refractivity contribution in [3.63, 3.8) is 0 Å². The normalized spacial score (nSPS) is 27.0. The van der Waals surface area contributed by atoms with Crippen molar-refractivity contribution in [3.8, 4) is 6.19 Å². The van der Waals surface area contributed by atoms with E-state index in [4.69, 9.17) is 9.26 Å². The van der Waals surface area contributed by atoms with E-state index >= 15 is 4.39 Å². The standard InChI is InChI=1S/C18H15FN8O2/c19-17-24(9-20)7-14-26(17)13-4-2-1-3-12(13)16-21-10-25(27(14)16)18-22-15(23-29-18)11-5-6-28-8-11/h1-4,7,10-11,16-17H,5-6,8H2. The van der Waals surface area contributed by atoms with Gasteiger partial charge in [-0.2, -0.15) is 19.6 Å². The van der Waals surface area contributed by atoms with Crippen LogP contribution in [0.2, 0.25) is 0 Å². The molecule has 3 atom stereocenters. The topological polar surface area (TPSA) is 97.3 Å². The molecule has 10 nitrogen and oxygen atoms in total. The number of alkyl halides is 1. The Balaban J connectivity index is 1.42. The first-order valence-corrected chi connectivity index (χ1v) is 9.21. The van der Waals surface area contributed by atoms with Crippen LogP contribution in [0.5, 0.6) is 0 Å². The van der Waals surface area contributed by atoms with E-state index in [9.17, 15) is 5.26 Å². The molecule has 1 fully saturated rings. The zero-order chi connectivity index (χ0) is 19.5. The fourth-order valence-corrected chi connectivity index (χ4v) is 4.07. The number of benzene rings is 1.